The summed E-state index contributed by atoms with van der Waals surface area (Å²) in [6, 6.07) is 0. The Labute approximate surface area is 108 Å². The molecule has 1 saturated heterocycles. The molecule has 0 unspecified atom stereocenters. The van der Waals surface area contributed by atoms with Gasteiger partial charge in [-0.2, -0.15) is 0 Å². The highest BCUT2D eigenvalue weighted by Crippen LogP contribution is 2.20. The third-order valence-corrected chi connectivity index (χ3v) is 3.77. The molecule has 0 atom stereocenters. The van der Waals surface area contributed by atoms with Gasteiger partial charge in [0, 0.05) is 38.1 Å². The van der Waals surface area contributed by atoms with E-state index in [1.165, 1.54) is 0 Å². The molecule has 0 bridgehead atoms. The second-order valence-electron chi connectivity index (χ2n) is 5.54. The number of imidazole rings is 1. The summed E-state index contributed by atoms with van der Waals surface area (Å²) >= 11 is 0. The van der Waals surface area contributed by atoms with Gasteiger partial charge in [-0.25, -0.2) is 4.98 Å². The first-order valence-corrected chi connectivity index (χ1v) is 6.44. The van der Waals surface area contributed by atoms with Crippen LogP contribution in [0, 0.1) is 0 Å². The van der Waals surface area contributed by atoms with Crippen LogP contribution >= 0.6 is 0 Å². The smallest absolute Gasteiger partial charge is 0.228 e. The Morgan fingerprint density at radius 1 is 1.44 bits per heavy atom. The maximum absolute atomic E-state index is 12.0. The molecule has 0 radical (unpaired) electrons. The molecule has 2 rings (SSSR count). The lowest BCUT2D eigenvalue weighted by Crippen LogP contribution is -2.53. The minimum Gasteiger partial charge on any atom is -0.350 e. The average Bonchev–Trinajstić information content (AvgIpc) is 2.69. The standard InChI is InChI=1S/C13H22N4O/c1-13(4-7-16(2)8-5-13)15-12(18)10-11-14-6-9-17(11)3/h6,9H,4-5,7-8,10H2,1-3H3,(H,15,18). The van der Waals surface area contributed by atoms with Crippen LogP contribution in [0.25, 0.3) is 0 Å². The van der Waals surface area contributed by atoms with Crippen LogP contribution in [0.5, 0.6) is 0 Å². The maximum Gasteiger partial charge on any atom is 0.228 e. The molecule has 5 heteroatoms. The van der Waals surface area contributed by atoms with Gasteiger partial charge in [-0.3, -0.25) is 4.79 Å². The molecule has 1 aromatic rings. The minimum absolute atomic E-state index is 0.0608. The molecule has 1 aliphatic rings. The highest BCUT2D eigenvalue weighted by Gasteiger charge is 2.30. The Bertz CT molecular complexity index is 418. The number of hydrogen-bond donors (Lipinski definition) is 1. The number of nitrogens with one attached hydrogen (secondary N) is 1. The fourth-order valence-electron chi connectivity index (χ4n) is 2.33. The highest BCUT2D eigenvalue weighted by molar-refractivity contribution is 5.78. The third-order valence-electron chi connectivity index (χ3n) is 3.77. The van der Waals surface area contributed by atoms with E-state index in [9.17, 15) is 4.79 Å². The SMILES string of the molecule is CN1CCC(C)(NC(=O)Cc2nccn2C)CC1. The average molecular weight is 250 g/mol. The van der Waals surface area contributed by atoms with Crippen molar-refractivity contribution in [2.75, 3.05) is 20.1 Å². The van der Waals surface area contributed by atoms with E-state index in [0.717, 1.165) is 31.8 Å². The van der Waals surface area contributed by atoms with Gasteiger partial charge >= 0.3 is 0 Å². The predicted molar refractivity (Wildman–Crippen MR) is 70.2 cm³/mol. The van der Waals surface area contributed by atoms with E-state index in [1.807, 2.05) is 17.8 Å². The summed E-state index contributed by atoms with van der Waals surface area (Å²) in [5.74, 6) is 0.875. The Morgan fingerprint density at radius 3 is 2.67 bits per heavy atom. The summed E-state index contributed by atoms with van der Waals surface area (Å²) < 4.78 is 1.89. The van der Waals surface area contributed by atoms with Crippen LogP contribution in [-0.4, -0.2) is 46.0 Å². The molecule has 1 N–H and O–H groups in total. The molecule has 1 amide bonds. The lowest BCUT2D eigenvalue weighted by Gasteiger charge is -2.38. The van der Waals surface area contributed by atoms with E-state index in [4.69, 9.17) is 0 Å². The van der Waals surface area contributed by atoms with Gasteiger partial charge in [0.05, 0.1) is 6.42 Å². The number of aryl methyl sites for hydroxylation is 1. The van der Waals surface area contributed by atoms with Crippen LogP contribution < -0.4 is 5.32 Å². The highest BCUT2D eigenvalue weighted by atomic mass is 16.1. The van der Waals surface area contributed by atoms with Crippen molar-refractivity contribution >= 4 is 5.91 Å². The van der Waals surface area contributed by atoms with Gasteiger partial charge in [0.25, 0.3) is 0 Å². The number of nitrogens with zero attached hydrogens (tertiary/aromatic N) is 3. The number of amides is 1. The summed E-state index contributed by atoms with van der Waals surface area (Å²) in [7, 11) is 4.03. The molecule has 100 valence electrons. The number of carbonyl (C=O) groups excluding carboxylic acids is 1. The van der Waals surface area contributed by atoms with Gasteiger partial charge in [-0.15, -0.1) is 0 Å². The second kappa shape index (κ2) is 5.10. The van der Waals surface area contributed by atoms with E-state index < -0.39 is 0 Å². The Kier molecular flexibility index (Phi) is 3.71. The zero-order valence-electron chi connectivity index (χ0n) is 11.4. The summed E-state index contributed by atoms with van der Waals surface area (Å²) in [4.78, 5) is 18.5. The first-order chi connectivity index (χ1) is 8.48. The van der Waals surface area contributed by atoms with Crippen molar-refractivity contribution in [1.82, 2.24) is 19.8 Å². The monoisotopic (exact) mass is 250 g/mol. The number of piperidine rings is 1. The van der Waals surface area contributed by atoms with Crippen LogP contribution in [0.2, 0.25) is 0 Å². The minimum atomic E-state index is -0.0608. The molecular formula is C13H22N4O. The van der Waals surface area contributed by atoms with Gasteiger partial charge in [0.2, 0.25) is 5.91 Å². The summed E-state index contributed by atoms with van der Waals surface area (Å²) in [6.45, 7) is 4.22. The van der Waals surface area contributed by atoms with Crippen molar-refractivity contribution in [2.45, 2.75) is 31.7 Å². The lowest BCUT2D eigenvalue weighted by molar-refractivity contribution is -0.122. The fraction of sp³-hybridized carbons (Fsp3) is 0.692. The Hall–Kier alpha value is -1.36. The summed E-state index contributed by atoms with van der Waals surface area (Å²) in [6.07, 6.45) is 5.96. The van der Waals surface area contributed by atoms with Crippen LogP contribution in [0.4, 0.5) is 0 Å². The number of likely N-dealkylation sites (tertiary alicyclic amines) is 1. The van der Waals surface area contributed by atoms with E-state index >= 15 is 0 Å². The van der Waals surface area contributed by atoms with Crippen molar-refractivity contribution < 1.29 is 4.79 Å². The quantitative estimate of drug-likeness (QED) is 0.853. The van der Waals surface area contributed by atoms with Crippen LogP contribution in [0.3, 0.4) is 0 Å². The Balaban J connectivity index is 1.89. The fourth-order valence-corrected chi connectivity index (χ4v) is 2.33. The summed E-state index contributed by atoms with van der Waals surface area (Å²) in [5, 5.41) is 3.16. The molecule has 1 aliphatic heterocycles. The molecule has 0 saturated carbocycles. The largest absolute Gasteiger partial charge is 0.350 e. The van der Waals surface area contributed by atoms with Crippen LogP contribution in [0.15, 0.2) is 12.4 Å². The molecule has 0 aliphatic carbocycles. The van der Waals surface area contributed by atoms with Crippen LogP contribution in [0.1, 0.15) is 25.6 Å². The number of carbonyl (C=O) groups is 1. The molecule has 0 aromatic carbocycles. The molecular weight excluding hydrogens is 228 g/mol. The van der Waals surface area contributed by atoms with E-state index in [1.54, 1.807) is 6.20 Å². The van der Waals surface area contributed by atoms with Gasteiger partial charge < -0.3 is 14.8 Å². The summed E-state index contributed by atoms with van der Waals surface area (Å²) in [5.41, 5.74) is -0.0608. The predicted octanol–water partition coefficient (Wildman–Crippen LogP) is 0.563. The van der Waals surface area contributed by atoms with Gasteiger partial charge in [-0.1, -0.05) is 0 Å². The molecule has 18 heavy (non-hydrogen) atoms. The Morgan fingerprint density at radius 2 is 2.11 bits per heavy atom. The first kappa shape index (κ1) is 13.1. The van der Waals surface area contributed by atoms with Gasteiger partial charge in [0.1, 0.15) is 5.82 Å². The number of hydrogen-bond acceptors (Lipinski definition) is 3. The number of aromatic nitrogens is 2. The van der Waals surface area contributed by atoms with Crippen molar-refractivity contribution in [3.8, 4) is 0 Å². The van der Waals surface area contributed by atoms with Crippen molar-refractivity contribution in [2.24, 2.45) is 7.05 Å². The van der Waals surface area contributed by atoms with E-state index in [0.29, 0.717) is 6.42 Å². The topological polar surface area (TPSA) is 50.2 Å². The maximum atomic E-state index is 12.0. The molecule has 2 heterocycles. The molecule has 1 aromatic heterocycles. The van der Waals surface area contributed by atoms with Crippen molar-refractivity contribution in [3.63, 3.8) is 0 Å². The zero-order chi connectivity index (χ0) is 13.2. The zero-order valence-corrected chi connectivity index (χ0v) is 11.4. The number of rotatable bonds is 3. The van der Waals surface area contributed by atoms with Crippen molar-refractivity contribution in [1.29, 1.82) is 0 Å². The molecule has 0 spiro atoms. The second-order valence-corrected chi connectivity index (χ2v) is 5.54. The van der Waals surface area contributed by atoms with E-state index in [-0.39, 0.29) is 11.4 Å². The van der Waals surface area contributed by atoms with E-state index in [2.05, 4.69) is 29.2 Å². The normalized spacial score (nSPS) is 19.7. The molecule has 1 fully saturated rings. The van der Waals surface area contributed by atoms with Gasteiger partial charge in [-0.05, 0) is 26.8 Å². The lowest BCUT2D eigenvalue weighted by atomic mass is 9.89. The molecule has 5 nitrogen and oxygen atoms in total. The first-order valence-electron chi connectivity index (χ1n) is 6.44. The van der Waals surface area contributed by atoms with Gasteiger partial charge in [0.15, 0.2) is 0 Å². The third kappa shape index (κ3) is 3.10. The van der Waals surface area contributed by atoms with Crippen molar-refractivity contribution in [3.05, 3.63) is 18.2 Å². The van der Waals surface area contributed by atoms with Crippen LogP contribution in [-0.2, 0) is 18.3 Å².